The molecule has 14 heavy (non-hydrogen) atoms. The minimum absolute atomic E-state index is 0.297. The Bertz CT molecular complexity index is 179. The predicted octanol–water partition coefficient (Wildman–Crippen LogP) is 2.52. The first kappa shape index (κ1) is 11.7. The van der Waals surface area contributed by atoms with Gasteiger partial charge in [0.2, 0.25) is 0 Å². The molecule has 2 heteroatoms. The summed E-state index contributed by atoms with van der Waals surface area (Å²) < 4.78 is 0. The molecule has 0 aromatic heterocycles. The van der Waals surface area contributed by atoms with Crippen LogP contribution in [0.3, 0.4) is 0 Å². The van der Waals surface area contributed by atoms with Crippen molar-refractivity contribution in [3.63, 3.8) is 0 Å². The number of rotatable bonds is 6. The standard InChI is InChI=1S/C12H23NO/c1-3-4-5-6-7-12-8-11(9-13-12)10(2)14/h11-13H,3-9H2,1-2H3. The normalized spacial score (nSPS) is 26.7. The fraction of sp³-hybridized carbons (Fsp3) is 0.917. The van der Waals surface area contributed by atoms with E-state index in [-0.39, 0.29) is 0 Å². The van der Waals surface area contributed by atoms with E-state index in [0.29, 0.717) is 17.7 Å². The highest BCUT2D eigenvalue weighted by Gasteiger charge is 2.26. The van der Waals surface area contributed by atoms with Gasteiger partial charge in [-0.25, -0.2) is 0 Å². The first-order chi connectivity index (χ1) is 6.74. The zero-order chi connectivity index (χ0) is 10.4. The number of hydrogen-bond donors (Lipinski definition) is 1. The molecule has 2 atom stereocenters. The summed E-state index contributed by atoms with van der Waals surface area (Å²) in [5, 5.41) is 3.44. The van der Waals surface area contributed by atoms with E-state index in [1.54, 1.807) is 6.92 Å². The van der Waals surface area contributed by atoms with Crippen molar-refractivity contribution in [3.05, 3.63) is 0 Å². The fourth-order valence-electron chi connectivity index (χ4n) is 2.17. The van der Waals surface area contributed by atoms with E-state index in [2.05, 4.69) is 12.2 Å². The second kappa shape index (κ2) is 6.18. The van der Waals surface area contributed by atoms with Crippen molar-refractivity contribution in [2.45, 2.75) is 58.4 Å². The molecule has 1 rings (SSSR count). The third-order valence-corrected chi connectivity index (χ3v) is 3.20. The highest BCUT2D eigenvalue weighted by molar-refractivity contribution is 5.78. The highest BCUT2D eigenvalue weighted by Crippen LogP contribution is 2.19. The van der Waals surface area contributed by atoms with Gasteiger partial charge in [0.25, 0.3) is 0 Å². The molecule has 0 aromatic carbocycles. The molecule has 1 fully saturated rings. The van der Waals surface area contributed by atoms with Crippen LogP contribution in [0, 0.1) is 5.92 Å². The van der Waals surface area contributed by atoms with Gasteiger partial charge in [0, 0.05) is 18.5 Å². The number of Topliss-reactive ketones (excluding diaryl/α,β-unsaturated/α-hetero) is 1. The molecule has 0 radical (unpaired) electrons. The lowest BCUT2D eigenvalue weighted by Gasteiger charge is -2.09. The molecule has 1 N–H and O–H groups in total. The van der Waals surface area contributed by atoms with Crippen LogP contribution in [0.4, 0.5) is 0 Å². The van der Waals surface area contributed by atoms with Gasteiger partial charge in [0.15, 0.2) is 0 Å². The maximum absolute atomic E-state index is 11.1. The lowest BCUT2D eigenvalue weighted by molar-refractivity contribution is -0.120. The zero-order valence-electron chi connectivity index (χ0n) is 9.51. The van der Waals surface area contributed by atoms with Crippen LogP contribution in [-0.2, 0) is 4.79 Å². The SMILES string of the molecule is CCCCCCC1CC(C(C)=O)CN1. The molecule has 0 amide bonds. The van der Waals surface area contributed by atoms with Crippen molar-refractivity contribution in [1.82, 2.24) is 5.32 Å². The Morgan fingerprint density at radius 2 is 2.14 bits per heavy atom. The largest absolute Gasteiger partial charge is 0.313 e. The number of ketones is 1. The molecule has 82 valence electrons. The third kappa shape index (κ3) is 3.79. The van der Waals surface area contributed by atoms with E-state index in [9.17, 15) is 4.79 Å². The van der Waals surface area contributed by atoms with Gasteiger partial charge in [-0.3, -0.25) is 4.79 Å². The Morgan fingerprint density at radius 1 is 1.36 bits per heavy atom. The van der Waals surface area contributed by atoms with E-state index in [0.717, 1.165) is 13.0 Å². The number of hydrogen-bond acceptors (Lipinski definition) is 2. The minimum Gasteiger partial charge on any atom is -0.313 e. The Morgan fingerprint density at radius 3 is 2.71 bits per heavy atom. The van der Waals surface area contributed by atoms with E-state index >= 15 is 0 Å². The summed E-state index contributed by atoms with van der Waals surface area (Å²) in [7, 11) is 0. The van der Waals surface area contributed by atoms with Gasteiger partial charge in [-0.15, -0.1) is 0 Å². The quantitative estimate of drug-likeness (QED) is 0.663. The van der Waals surface area contributed by atoms with E-state index in [1.807, 2.05) is 0 Å². The summed E-state index contributed by atoms with van der Waals surface area (Å²) in [6.45, 7) is 4.86. The smallest absolute Gasteiger partial charge is 0.134 e. The fourth-order valence-corrected chi connectivity index (χ4v) is 2.17. The van der Waals surface area contributed by atoms with Crippen molar-refractivity contribution < 1.29 is 4.79 Å². The van der Waals surface area contributed by atoms with Crippen LogP contribution in [0.5, 0.6) is 0 Å². The van der Waals surface area contributed by atoms with E-state index in [1.165, 1.54) is 32.1 Å². The summed E-state index contributed by atoms with van der Waals surface area (Å²) in [6.07, 6.45) is 7.64. The lowest BCUT2D eigenvalue weighted by Crippen LogP contribution is -2.21. The second-order valence-electron chi connectivity index (χ2n) is 4.50. The Kier molecular flexibility index (Phi) is 5.16. The molecule has 1 heterocycles. The van der Waals surface area contributed by atoms with Crippen molar-refractivity contribution >= 4 is 5.78 Å². The second-order valence-corrected chi connectivity index (χ2v) is 4.50. The molecule has 0 aliphatic carbocycles. The number of carbonyl (C=O) groups is 1. The number of unbranched alkanes of at least 4 members (excludes halogenated alkanes) is 3. The molecular weight excluding hydrogens is 174 g/mol. The van der Waals surface area contributed by atoms with Crippen LogP contribution in [0.2, 0.25) is 0 Å². The average Bonchev–Trinajstić information content (AvgIpc) is 2.61. The zero-order valence-corrected chi connectivity index (χ0v) is 9.51. The van der Waals surface area contributed by atoms with Gasteiger partial charge >= 0.3 is 0 Å². The molecule has 1 aliphatic heterocycles. The summed E-state index contributed by atoms with van der Waals surface area (Å²) in [4.78, 5) is 11.1. The third-order valence-electron chi connectivity index (χ3n) is 3.20. The van der Waals surface area contributed by atoms with Crippen LogP contribution in [-0.4, -0.2) is 18.4 Å². The van der Waals surface area contributed by atoms with Crippen molar-refractivity contribution in [3.8, 4) is 0 Å². The predicted molar refractivity (Wildman–Crippen MR) is 59.3 cm³/mol. The maximum atomic E-state index is 11.1. The molecule has 2 nitrogen and oxygen atoms in total. The number of carbonyl (C=O) groups excluding carboxylic acids is 1. The lowest BCUT2D eigenvalue weighted by atomic mass is 9.98. The molecule has 0 aromatic rings. The Hall–Kier alpha value is -0.370. The van der Waals surface area contributed by atoms with E-state index < -0.39 is 0 Å². The first-order valence-corrected chi connectivity index (χ1v) is 5.98. The van der Waals surface area contributed by atoms with Crippen molar-refractivity contribution in [2.75, 3.05) is 6.54 Å². The molecule has 0 bridgehead atoms. The summed E-state index contributed by atoms with van der Waals surface area (Å²) in [5.41, 5.74) is 0. The maximum Gasteiger partial charge on any atom is 0.134 e. The van der Waals surface area contributed by atoms with Crippen LogP contribution in [0.1, 0.15) is 52.4 Å². The van der Waals surface area contributed by atoms with Crippen LogP contribution >= 0.6 is 0 Å². The van der Waals surface area contributed by atoms with Gasteiger partial charge in [0.05, 0.1) is 0 Å². The van der Waals surface area contributed by atoms with Crippen molar-refractivity contribution in [2.24, 2.45) is 5.92 Å². The topological polar surface area (TPSA) is 29.1 Å². The van der Waals surface area contributed by atoms with Crippen molar-refractivity contribution in [1.29, 1.82) is 0 Å². The minimum atomic E-state index is 0.297. The first-order valence-electron chi connectivity index (χ1n) is 5.98. The van der Waals surface area contributed by atoms with Crippen LogP contribution in [0.25, 0.3) is 0 Å². The molecule has 0 saturated carbocycles. The molecule has 0 spiro atoms. The van der Waals surface area contributed by atoms with Crippen LogP contribution in [0.15, 0.2) is 0 Å². The summed E-state index contributed by atoms with van der Waals surface area (Å²) in [6, 6.07) is 0.612. The molecule has 1 saturated heterocycles. The van der Waals surface area contributed by atoms with Gasteiger partial charge in [-0.2, -0.15) is 0 Å². The Balaban J connectivity index is 2.07. The molecule has 2 unspecified atom stereocenters. The van der Waals surface area contributed by atoms with E-state index in [4.69, 9.17) is 0 Å². The average molecular weight is 197 g/mol. The molecule has 1 aliphatic rings. The monoisotopic (exact) mass is 197 g/mol. The molecular formula is C12H23NO. The van der Waals surface area contributed by atoms with Gasteiger partial charge in [-0.05, 0) is 19.8 Å². The Labute approximate surface area is 87.5 Å². The number of nitrogens with one attached hydrogen (secondary N) is 1. The van der Waals surface area contributed by atoms with Gasteiger partial charge in [-0.1, -0.05) is 32.6 Å². The van der Waals surface area contributed by atoms with Crippen LogP contribution < -0.4 is 5.32 Å². The highest BCUT2D eigenvalue weighted by atomic mass is 16.1. The summed E-state index contributed by atoms with van der Waals surface area (Å²) >= 11 is 0. The van der Waals surface area contributed by atoms with Gasteiger partial charge < -0.3 is 5.32 Å². The van der Waals surface area contributed by atoms with Gasteiger partial charge in [0.1, 0.15) is 5.78 Å². The summed E-state index contributed by atoms with van der Waals surface area (Å²) in [5.74, 6) is 0.653.